The minimum absolute atomic E-state index is 0.0331. The van der Waals surface area contributed by atoms with Gasteiger partial charge in [0.15, 0.2) is 0 Å². The third-order valence-electron chi connectivity index (χ3n) is 2.86. The normalized spacial score (nSPS) is 11.4. The average Bonchev–Trinajstić information content (AvgIpc) is 2.46. The molecule has 0 aliphatic carbocycles. The Hall–Kier alpha value is -1.99. The van der Waals surface area contributed by atoms with E-state index < -0.39 is 15.8 Å². The highest BCUT2D eigenvalue weighted by atomic mass is 32.2. The molecule has 1 aromatic heterocycles. The zero-order chi connectivity index (χ0) is 15.5. The molecule has 0 saturated heterocycles. The van der Waals surface area contributed by atoms with E-state index in [0.717, 1.165) is 23.5 Å². The van der Waals surface area contributed by atoms with Crippen LogP contribution in [-0.4, -0.2) is 27.5 Å². The molecule has 2 aromatic rings. The van der Waals surface area contributed by atoms with Crippen LogP contribution in [0.3, 0.4) is 0 Å². The number of halogens is 1. The summed E-state index contributed by atoms with van der Waals surface area (Å²) in [6.45, 7) is 0.142. The molecule has 1 aromatic carbocycles. The van der Waals surface area contributed by atoms with Gasteiger partial charge in [-0.25, -0.2) is 22.5 Å². The number of hydrogen-bond acceptors (Lipinski definition) is 4. The average molecular weight is 309 g/mol. The molecule has 0 aliphatic rings. The van der Waals surface area contributed by atoms with E-state index in [1.165, 1.54) is 12.1 Å². The maximum Gasteiger partial charge on any atom is 0.240 e. The number of sulfonamides is 1. The fourth-order valence-corrected chi connectivity index (χ4v) is 2.71. The van der Waals surface area contributed by atoms with E-state index >= 15 is 0 Å². The van der Waals surface area contributed by atoms with Crippen LogP contribution in [0, 0.1) is 5.82 Å². The lowest BCUT2D eigenvalue weighted by molar-refractivity contribution is 0.580. The largest absolute Gasteiger partial charge is 0.363 e. The summed E-state index contributed by atoms with van der Waals surface area (Å²) in [7, 11) is 0.0529. The molecule has 0 unspecified atom stereocenters. The van der Waals surface area contributed by atoms with Crippen molar-refractivity contribution in [3.63, 3.8) is 0 Å². The zero-order valence-corrected chi connectivity index (χ0v) is 12.6. The molecule has 21 heavy (non-hydrogen) atoms. The van der Waals surface area contributed by atoms with Crippen molar-refractivity contribution >= 4 is 15.8 Å². The maximum absolute atomic E-state index is 12.8. The third kappa shape index (κ3) is 3.99. The molecule has 0 fully saturated rings. The van der Waals surface area contributed by atoms with E-state index in [4.69, 9.17) is 0 Å². The van der Waals surface area contributed by atoms with Crippen molar-refractivity contribution in [2.45, 2.75) is 11.4 Å². The molecule has 112 valence electrons. The van der Waals surface area contributed by atoms with Crippen LogP contribution in [-0.2, 0) is 16.6 Å². The van der Waals surface area contributed by atoms with Crippen LogP contribution < -0.4 is 9.62 Å². The predicted molar refractivity (Wildman–Crippen MR) is 79.0 cm³/mol. The highest BCUT2D eigenvalue weighted by molar-refractivity contribution is 7.89. The van der Waals surface area contributed by atoms with Crippen LogP contribution in [0.5, 0.6) is 0 Å². The van der Waals surface area contributed by atoms with Gasteiger partial charge in [-0.3, -0.25) is 0 Å². The molecule has 0 spiro atoms. The summed E-state index contributed by atoms with van der Waals surface area (Å²) in [5.74, 6) is 0.271. The van der Waals surface area contributed by atoms with Crippen molar-refractivity contribution in [2.24, 2.45) is 0 Å². The van der Waals surface area contributed by atoms with Crippen LogP contribution >= 0.6 is 0 Å². The van der Waals surface area contributed by atoms with Crippen molar-refractivity contribution in [3.8, 4) is 0 Å². The Morgan fingerprint density at radius 2 is 1.86 bits per heavy atom. The molecular weight excluding hydrogens is 293 g/mol. The lowest BCUT2D eigenvalue weighted by atomic mass is 10.2. The van der Waals surface area contributed by atoms with E-state index in [-0.39, 0.29) is 11.4 Å². The molecule has 0 saturated carbocycles. The fraction of sp³-hybridized carbons (Fsp3) is 0.214. The highest BCUT2D eigenvalue weighted by Gasteiger charge is 2.13. The van der Waals surface area contributed by atoms with E-state index in [2.05, 4.69) is 9.71 Å². The van der Waals surface area contributed by atoms with Crippen molar-refractivity contribution in [3.05, 3.63) is 54.0 Å². The highest BCUT2D eigenvalue weighted by Crippen LogP contribution is 2.12. The summed E-state index contributed by atoms with van der Waals surface area (Å²) in [6, 6.07) is 8.23. The smallest absolute Gasteiger partial charge is 0.240 e. The van der Waals surface area contributed by atoms with E-state index in [9.17, 15) is 12.8 Å². The second-order valence-electron chi connectivity index (χ2n) is 4.70. The second kappa shape index (κ2) is 6.19. The van der Waals surface area contributed by atoms with Crippen molar-refractivity contribution < 1.29 is 12.8 Å². The first kappa shape index (κ1) is 15.4. The summed E-state index contributed by atoms with van der Waals surface area (Å²) < 4.78 is 39.5. The minimum atomic E-state index is -3.66. The molecule has 2 rings (SSSR count). The minimum Gasteiger partial charge on any atom is -0.363 e. The van der Waals surface area contributed by atoms with E-state index in [1.807, 2.05) is 19.0 Å². The van der Waals surface area contributed by atoms with Gasteiger partial charge in [-0.05, 0) is 42.0 Å². The Labute approximate surface area is 123 Å². The van der Waals surface area contributed by atoms with Crippen LogP contribution in [0.15, 0.2) is 47.5 Å². The van der Waals surface area contributed by atoms with Gasteiger partial charge in [-0.15, -0.1) is 0 Å². The topological polar surface area (TPSA) is 62.3 Å². The summed E-state index contributed by atoms with van der Waals surface area (Å²) in [5.41, 5.74) is 0.791. The fourth-order valence-electron chi connectivity index (χ4n) is 1.69. The SMILES string of the molecule is CN(C)c1cc(CNS(=O)(=O)c2ccc(F)cc2)ccn1. The van der Waals surface area contributed by atoms with Gasteiger partial charge >= 0.3 is 0 Å². The molecule has 7 heteroatoms. The molecule has 0 amide bonds. The lowest BCUT2D eigenvalue weighted by Gasteiger charge is -2.12. The second-order valence-corrected chi connectivity index (χ2v) is 6.46. The first-order valence-electron chi connectivity index (χ1n) is 6.26. The van der Waals surface area contributed by atoms with Crippen LogP contribution in [0.25, 0.3) is 0 Å². The van der Waals surface area contributed by atoms with E-state index in [1.54, 1.807) is 18.3 Å². The third-order valence-corrected chi connectivity index (χ3v) is 4.28. The number of benzene rings is 1. The number of anilines is 1. The Bertz CT molecular complexity index is 715. The number of pyridine rings is 1. The van der Waals surface area contributed by atoms with Crippen molar-refractivity contribution in [2.75, 3.05) is 19.0 Å². The summed E-state index contributed by atoms with van der Waals surface area (Å²) in [5, 5.41) is 0. The summed E-state index contributed by atoms with van der Waals surface area (Å²) >= 11 is 0. The zero-order valence-electron chi connectivity index (χ0n) is 11.7. The maximum atomic E-state index is 12.8. The molecule has 0 aliphatic heterocycles. The van der Waals surface area contributed by atoms with E-state index in [0.29, 0.717) is 0 Å². The number of rotatable bonds is 5. The summed E-state index contributed by atoms with van der Waals surface area (Å²) in [6.07, 6.45) is 1.62. The molecule has 0 bridgehead atoms. The number of nitrogens with zero attached hydrogens (tertiary/aromatic N) is 2. The standard InChI is InChI=1S/C14H16FN3O2S/c1-18(2)14-9-11(7-8-16-14)10-17-21(19,20)13-5-3-12(15)4-6-13/h3-9,17H,10H2,1-2H3. The molecule has 1 heterocycles. The molecule has 0 radical (unpaired) electrons. The van der Waals surface area contributed by atoms with Gasteiger partial charge in [0.25, 0.3) is 0 Å². The number of aromatic nitrogens is 1. The molecule has 1 N–H and O–H groups in total. The Balaban J connectivity index is 2.11. The summed E-state index contributed by atoms with van der Waals surface area (Å²) in [4.78, 5) is 6.02. The van der Waals surface area contributed by atoms with Gasteiger partial charge in [-0.2, -0.15) is 0 Å². The Kier molecular flexibility index (Phi) is 4.54. The van der Waals surface area contributed by atoms with Crippen LogP contribution in [0.1, 0.15) is 5.56 Å². The first-order chi connectivity index (χ1) is 9.88. The van der Waals surface area contributed by atoms with Crippen LogP contribution in [0.4, 0.5) is 10.2 Å². The molecule has 5 nitrogen and oxygen atoms in total. The monoisotopic (exact) mass is 309 g/mol. The molecular formula is C14H16FN3O2S. The van der Waals surface area contributed by atoms with Crippen molar-refractivity contribution in [1.82, 2.24) is 9.71 Å². The van der Waals surface area contributed by atoms with Gasteiger partial charge in [0, 0.05) is 26.8 Å². The van der Waals surface area contributed by atoms with Crippen molar-refractivity contribution in [1.29, 1.82) is 0 Å². The first-order valence-corrected chi connectivity index (χ1v) is 7.74. The predicted octanol–water partition coefficient (Wildman–Crippen LogP) is 1.77. The van der Waals surface area contributed by atoms with Gasteiger partial charge < -0.3 is 4.90 Å². The number of hydrogen-bond donors (Lipinski definition) is 1. The Morgan fingerprint density at radius 3 is 2.48 bits per heavy atom. The quantitative estimate of drug-likeness (QED) is 0.914. The van der Waals surface area contributed by atoms with Gasteiger partial charge in [0.1, 0.15) is 11.6 Å². The van der Waals surface area contributed by atoms with Gasteiger partial charge in [0.2, 0.25) is 10.0 Å². The Morgan fingerprint density at radius 1 is 1.19 bits per heavy atom. The number of nitrogens with one attached hydrogen (secondary N) is 1. The van der Waals surface area contributed by atoms with Gasteiger partial charge in [0.05, 0.1) is 4.90 Å². The van der Waals surface area contributed by atoms with Gasteiger partial charge in [-0.1, -0.05) is 0 Å². The lowest BCUT2D eigenvalue weighted by Crippen LogP contribution is -2.23. The van der Waals surface area contributed by atoms with Crippen LogP contribution in [0.2, 0.25) is 0 Å². The molecule has 0 atom stereocenters.